The third kappa shape index (κ3) is 3.75. The van der Waals surface area contributed by atoms with E-state index < -0.39 is 0 Å². The Kier molecular flexibility index (Phi) is 5.74. The van der Waals surface area contributed by atoms with E-state index in [2.05, 4.69) is 11.8 Å². The molecule has 0 saturated heterocycles. The summed E-state index contributed by atoms with van der Waals surface area (Å²) in [5.74, 6) is 1.05. The summed E-state index contributed by atoms with van der Waals surface area (Å²) in [7, 11) is 0. The van der Waals surface area contributed by atoms with Crippen LogP contribution in [0.15, 0.2) is 24.3 Å². The first-order chi connectivity index (χ1) is 10.2. The lowest BCUT2D eigenvalue weighted by Crippen LogP contribution is -2.43. The Balaban J connectivity index is 0.00000176. The van der Waals surface area contributed by atoms with Crippen molar-refractivity contribution in [1.82, 2.24) is 4.90 Å². The van der Waals surface area contributed by atoms with Gasteiger partial charge in [-0.25, -0.2) is 0 Å². The lowest BCUT2D eigenvalue weighted by Gasteiger charge is -2.37. The number of benzene rings is 1. The third-order valence-electron chi connectivity index (χ3n) is 5.10. The standard InChI is InChI=1S/C18H26N2O.ClH/c1-2-13-6-8-16(9-7-13)20(17-10-11-17)18(21)14-4-3-5-15(19)12-14;/h3-5,12-13,16-17H,2,6-11,19H2,1H3;1H. The van der Waals surface area contributed by atoms with E-state index in [4.69, 9.17) is 5.73 Å². The maximum Gasteiger partial charge on any atom is 0.254 e. The summed E-state index contributed by atoms with van der Waals surface area (Å²) in [6, 6.07) is 8.34. The van der Waals surface area contributed by atoms with Crippen LogP contribution in [0.25, 0.3) is 0 Å². The summed E-state index contributed by atoms with van der Waals surface area (Å²) >= 11 is 0. The molecule has 2 fully saturated rings. The lowest BCUT2D eigenvalue weighted by atomic mass is 9.83. The first kappa shape index (κ1) is 17.1. The number of nitrogen functional groups attached to an aromatic ring is 1. The van der Waals surface area contributed by atoms with Gasteiger partial charge in [-0.3, -0.25) is 4.79 Å². The zero-order chi connectivity index (χ0) is 14.8. The molecule has 3 rings (SSSR count). The van der Waals surface area contributed by atoms with E-state index in [1.807, 2.05) is 24.3 Å². The Morgan fingerprint density at radius 1 is 1.14 bits per heavy atom. The minimum Gasteiger partial charge on any atom is -0.399 e. The molecule has 3 nitrogen and oxygen atoms in total. The number of carbonyl (C=O) groups is 1. The molecule has 22 heavy (non-hydrogen) atoms. The van der Waals surface area contributed by atoms with Gasteiger partial charge < -0.3 is 10.6 Å². The fraction of sp³-hybridized carbons (Fsp3) is 0.611. The number of rotatable bonds is 4. The first-order valence-electron chi connectivity index (χ1n) is 8.37. The highest BCUT2D eigenvalue weighted by Gasteiger charge is 2.38. The van der Waals surface area contributed by atoms with E-state index in [9.17, 15) is 4.79 Å². The molecule has 122 valence electrons. The van der Waals surface area contributed by atoms with Gasteiger partial charge in [0, 0.05) is 23.3 Å². The zero-order valence-electron chi connectivity index (χ0n) is 13.3. The predicted molar refractivity (Wildman–Crippen MR) is 93.3 cm³/mol. The molecule has 1 amide bonds. The minimum absolute atomic E-state index is 0. The van der Waals surface area contributed by atoms with Crippen molar-refractivity contribution in [3.63, 3.8) is 0 Å². The second-order valence-electron chi connectivity index (χ2n) is 6.65. The molecule has 1 aromatic rings. The summed E-state index contributed by atoms with van der Waals surface area (Å²) < 4.78 is 0. The topological polar surface area (TPSA) is 46.3 Å². The van der Waals surface area contributed by atoms with Crippen LogP contribution in [0.3, 0.4) is 0 Å². The average Bonchev–Trinajstić information content (AvgIpc) is 3.33. The lowest BCUT2D eigenvalue weighted by molar-refractivity contribution is 0.0587. The highest BCUT2D eigenvalue weighted by atomic mass is 35.5. The fourth-order valence-electron chi connectivity index (χ4n) is 3.63. The molecule has 0 atom stereocenters. The van der Waals surface area contributed by atoms with Crippen molar-refractivity contribution in [3.05, 3.63) is 29.8 Å². The van der Waals surface area contributed by atoms with E-state index in [0.717, 1.165) is 11.5 Å². The Labute approximate surface area is 139 Å². The van der Waals surface area contributed by atoms with Crippen molar-refractivity contribution in [3.8, 4) is 0 Å². The van der Waals surface area contributed by atoms with Gasteiger partial charge >= 0.3 is 0 Å². The molecule has 0 radical (unpaired) electrons. The quantitative estimate of drug-likeness (QED) is 0.842. The Morgan fingerprint density at radius 3 is 2.23 bits per heavy atom. The van der Waals surface area contributed by atoms with E-state index in [1.54, 1.807) is 0 Å². The number of nitrogens with zero attached hydrogens (tertiary/aromatic N) is 1. The number of hydrogen-bond acceptors (Lipinski definition) is 2. The van der Waals surface area contributed by atoms with Crippen molar-refractivity contribution < 1.29 is 4.79 Å². The highest BCUT2D eigenvalue weighted by Crippen LogP contribution is 2.37. The van der Waals surface area contributed by atoms with Crippen molar-refractivity contribution in [2.24, 2.45) is 5.92 Å². The van der Waals surface area contributed by atoms with E-state index in [0.29, 0.717) is 17.8 Å². The summed E-state index contributed by atoms with van der Waals surface area (Å²) in [4.78, 5) is 15.1. The third-order valence-corrected chi connectivity index (χ3v) is 5.10. The molecule has 0 spiro atoms. The molecule has 2 aliphatic carbocycles. The SMILES string of the molecule is CCC1CCC(N(C(=O)c2cccc(N)c2)C2CC2)CC1.Cl. The molecule has 0 aromatic heterocycles. The monoisotopic (exact) mass is 322 g/mol. The van der Waals surface area contributed by atoms with Crippen LogP contribution in [0.5, 0.6) is 0 Å². The van der Waals surface area contributed by atoms with Gasteiger partial charge in [0.15, 0.2) is 0 Å². The van der Waals surface area contributed by atoms with E-state index in [1.165, 1.54) is 44.9 Å². The maximum absolute atomic E-state index is 12.9. The number of halogens is 1. The Bertz CT molecular complexity index is 508. The van der Waals surface area contributed by atoms with Gasteiger partial charge in [-0.1, -0.05) is 19.4 Å². The van der Waals surface area contributed by atoms with Crippen molar-refractivity contribution >= 4 is 24.0 Å². The largest absolute Gasteiger partial charge is 0.399 e. The summed E-state index contributed by atoms with van der Waals surface area (Å²) in [5, 5.41) is 0. The smallest absolute Gasteiger partial charge is 0.254 e. The van der Waals surface area contributed by atoms with Gasteiger partial charge in [-0.05, 0) is 62.6 Å². The van der Waals surface area contributed by atoms with Gasteiger partial charge in [0.1, 0.15) is 0 Å². The molecule has 2 N–H and O–H groups in total. The molecule has 0 unspecified atom stereocenters. The fourth-order valence-corrected chi connectivity index (χ4v) is 3.63. The predicted octanol–water partition coefficient (Wildman–Crippen LogP) is 4.26. The second-order valence-corrected chi connectivity index (χ2v) is 6.65. The van der Waals surface area contributed by atoms with Crippen LogP contribution in [-0.2, 0) is 0 Å². The number of carbonyl (C=O) groups excluding carboxylic acids is 1. The van der Waals surface area contributed by atoms with Gasteiger partial charge in [-0.15, -0.1) is 12.4 Å². The van der Waals surface area contributed by atoms with E-state index >= 15 is 0 Å². The Hall–Kier alpha value is -1.22. The first-order valence-corrected chi connectivity index (χ1v) is 8.37. The number of amides is 1. The average molecular weight is 323 g/mol. The highest BCUT2D eigenvalue weighted by molar-refractivity contribution is 5.95. The number of hydrogen-bond donors (Lipinski definition) is 1. The molecule has 2 saturated carbocycles. The summed E-state index contributed by atoms with van der Waals surface area (Å²) in [6.07, 6.45) is 8.50. The van der Waals surface area contributed by atoms with Crippen LogP contribution in [0.2, 0.25) is 0 Å². The van der Waals surface area contributed by atoms with Gasteiger partial charge in [-0.2, -0.15) is 0 Å². The summed E-state index contributed by atoms with van der Waals surface area (Å²) in [5.41, 5.74) is 7.25. The van der Waals surface area contributed by atoms with Crippen LogP contribution < -0.4 is 5.73 Å². The number of nitrogens with two attached hydrogens (primary N) is 1. The maximum atomic E-state index is 12.9. The van der Waals surface area contributed by atoms with Crippen LogP contribution >= 0.6 is 12.4 Å². The summed E-state index contributed by atoms with van der Waals surface area (Å²) in [6.45, 7) is 2.28. The van der Waals surface area contributed by atoms with Crippen LogP contribution in [0.4, 0.5) is 5.69 Å². The molecule has 0 heterocycles. The molecule has 4 heteroatoms. The Morgan fingerprint density at radius 2 is 1.73 bits per heavy atom. The van der Waals surface area contributed by atoms with Crippen LogP contribution in [0, 0.1) is 5.92 Å². The zero-order valence-corrected chi connectivity index (χ0v) is 14.1. The van der Waals surface area contributed by atoms with E-state index in [-0.39, 0.29) is 18.3 Å². The van der Waals surface area contributed by atoms with Gasteiger partial charge in [0.2, 0.25) is 0 Å². The van der Waals surface area contributed by atoms with Crippen LogP contribution in [-0.4, -0.2) is 22.9 Å². The van der Waals surface area contributed by atoms with Crippen LogP contribution in [0.1, 0.15) is 62.2 Å². The molecule has 2 aliphatic rings. The minimum atomic E-state index is 0. The van der Waals surface area contributed by atoms with Gasteiger partial charge in [0.05, 0.1) is 0 Å². The molecular formula is C18H27ClN2O. The number of anilines is 1. The molecule has 1 aromatic carbocycles. The normalized spacial score (nSPS) is 24.4. The molecule has 0 aliphatic heterocycles. The molecule has 0 bridgehead atoms. The van der Waals surface area contributed by atoms with Crippen molar-refractivity contribution in [2.75, 3.05) is 5.73 Å². The second kappa shape index (κ2) is 7.36. The van der Waals surface area contributed by atoms with Crippen molar-refractivity contribution in [2.45, 2.75) is 64.0 Å². The van der Waals surface area contributed by atoms with Gasteiger partial charge in [0.25, 0.3) is 5.91 Å². The van der Waals surface area contributed by atoms with Crippen molar-refractivity contribution in [1.29, 1.82) is 0 Å². The molecular weight excluding hydrogens is 296 g/mol.